The van der Waals surface area contributed by atoms with Gasteiger partial charge in [-0.25, -0.2) is 9.18 Å². The lowest BCUT2D eigenvalue weighted by atomic mass is 9.90. The molecule has 0 radical (unpaired) electrons. The molecule has 3 aromatic rings. The molecule has 4 nitrogen and oxygen atoms in total. The van der Waals surface area contributed by atoms with Crippen LogP contribution in [-0.4, -0.2) is 29.5 Å². The second kappa shape index (κ2) is 8.15. The standard InChI is InChI=1S/C23H25FN2O2/c1-16(12-19-4-7-21-22(14-19)28-23(27)25-21)15-26-10-8-18(9-11-26)13-17-2-5-20(24)6-3-17/h2-7,12,14,18H,8-11,13,15H2,1H3,(H,25,27). The Morgan fingerprint density at radius 1 is 1.21 bits per heavy atom. The lowest BCUT2D eigenvalue weighted by Crippen LogP contribution is -2.35. The number of piperidine rings is 1. The van der Waals surface area contributed by atoms with Gasteiger partial charge in [-0.05, 0) is 80.6 Å². The Labute approximate surface area is 163 Å². The van der Waals surface area contributed by atoms with Crippen molar-refractivity contribution in [2.75, 3.05) is 19.6 Å². The number of nitrogens with one attached hydrogen (secondary N) is 1. The van der Waals surface area contributed by atoms with Gasteiger partial charge < -0.3 is 4.42 Å². The van der Waals surface area contributed by atoms with Gasteiger partial charge in [0.2, 0.25) is 0 Å². The molecule has 1 saturated heterocycles. The molecule has 1 fully saturated rings. The summed E-state index contributed by atoms with van der Waals surface area (Å²) in [5.41, 5.74) is 4.87. The molecule has 0 atom stereocenters. The van der Waals surface area contributed by atoms with Gasteiger partial charge in [0.05, 0.1) is 5.52 Å². The highest BCUT2D eigenvalue weighted by atomic mass is 19.1. The van der Waals surface area contributed by atoms with Gasteiger partial charge in [-0.3, -0.25) is 9.88 Å². The predicted molar refractivity (Wildman–Crippen MR) is 110 cm³/mol. The van der Waals surface area contributed by atoms with E-state index in [2.05, 4.69) is 22.9 Å². The zero-order chi connectivity index (χ0) is 19.5. The van der Waals surface area contributed by atoms with E-state index in [1.165, 1.54) is 24.0 Å². The van der Waals surface area contributed by atoms with E-state index in [9.17, 15) is 9.18 Å². The highest BCUT2D eigenvalue weighted by Crippen LogP contribution is 2.23. The fourth-order valence-electron chi connectivity index (χ4n) is 4.04. The first-order chi connectivity index (χ1) is 13.5. The Hall–Kier alpha value is -2.66. The lowest BCUT2D eigenvalue weighted by Gasteiger charge is -2.32. The Balaban J connectivity index is 1.31. The molecule has 0 aliphatic carbocycles. The molecule has 1 aliphatic rings. The van der Waals surface area contributed by atoms with E-state index in [1.807, 2.05) is 30.3 Å². The summed E-state index contributed by atoms with van der Waals surface area (Å²) < 4.78 is 18.2. The van der Waals surface area contributed by atoms with Crippen LogP contribution in [0.2, 0.25) is 0 Å². The molecule has 0 spiro atoms. The third-order valence-corrected chi connectivity index (χ3v) is 5.48. The Bertz CT molecular complexity index is 1020. The molecule has 146 valence electrons. The molecule has 1 N–H and O–H groups in total. The van der Waals surface area contributed by atoms with E-state index >= 15 is 0 Å². The zero-order valence-corrected chi connectivity index (χ0v) is 16.1. The average Bonchev–Trinajstić information content (AvgIpc) is 3.04. The monoisotopic (exact) mass is 380 g/mol. The Morgan fingerprint density at radius 3 is 2.71 bits per heavy atom. The summed E-state index contributed by atoms with van der Waals surface area (Å²) in [6.45, 7) is 5.26. The molecule has 1 aromatic heterocycles. The van der Waals surface area contributed by atoms with Crippen molar-refractivity contribution >= 4 is 17.2 Å². The SMILES string of the molecule is CC(=Cc1ccc2[nH]c(=O)oc2c1)CN1CCC(Cc2ccc(F)cc2)CC1. The maximum Gasteiger partial charge on any atom is 0.417 e. The smallest absolute Gasteiger partial charge is 0.408 e. The van der Waals surface area contributed by atoms with Crippen molar-refractivity contribution in [1.29, 1.82) is 0 Å². The predicted octanol–water partition coefficient (Wildman–Crippen LogP) is 4.62. The van der Waals surface area contributed by atoms with E-state index in [0.717, 1.165) is 37.1 Å². The van der Waals surface area contributed by atoms with Crippen molar-refractivity contribution in [3.63, 3.8) is 0 Å². The van der Waals surface area contributed by atoms with Crippen LogP contribution in [0, 0.1) is 11.7 Å². The molecule has 1 aliphatic heterocycles. The molecule has 0 bridgehead atoms. The number of hydrogen-bond donors (Lipinski definition) is 1. The Kier molecular flexibility index (Phi) is 5.44. The average molecular weight is 380 g/mol. The number of oxazole rings is 1. The van der Waals surface area contributed by atoms with Gasteiger partial charge in [-0.2, -0.15) is 0 Å². The summed E-state index contributed by atoms with van der Waals surface area (Å²) in [4.78, 5) is 16.4. The molecule has 0 amide bonds. The van der Waals surface area contributed by atoms with Gasteiger partial charge in [-0.1, -0.05) is 29.8 Å². The van der Waals surface area contributed by atoms with Crippen LogP contribution in [0.1, 0.15) is 30.9 Å². The van der Waals surface area contributed by atoms with Gasteiger partial charge in [0.25, 0.3) is 0 Å². The quantitative estimate of drug-likeness (QED) is 0.703. The third-order valence-electron chi connectivity index (χ3n) is 5.48. The second-order valence-corrected chi connectivity index (χ2v) is 7.81. The van der Waals surface area contributed by atoms with Crippen molar-refractivity contribution in [2.45, 2.75) is 26.2 Å². The van der Waals surface area contributed by atoms with Crippen molar-refractivity contribution < 1.29 is 8.81 Å². The van der Waals surface area contributed by atoms with E-state index in [1.54, 1.807) is 12.1 Å². The molecule has 0 unspecified atom stereocenters. The fourth-order valence-corrected chi connectivity index (χ4v) is 4.04. The minimum Gasteiger partial charge on any atom is -0.408 e. The van der Waals surface area contributed by atoms with Gasteiger partial charge in [0.15, 0.2) is 5.58 Å². The number of halogens is 1. The van der Waals surface area contributed by atoms with Gasteiger partial charge in [-0.15, -0.1) is 0 Å². The summed E-state index contributed by atoms with van der Waals surface area (Å²) in [5.74, 6) is 0.0832. The molecule has 4 rings (SSSR count). The summed E-state index contributed by atoms with van der Waals surface area (Å²) >= 11 is 0. The molecule has 0 saturated carbocycles. The highest BCUT2D eigenvalue weighted by molar-refractivity contribution is 5.75. The number of H-pyrrole nitrogens is 1. The van der Waals surface area contributed by atoms with Gasteiger partial charge in [0.1, 0.15) is 5.82 Å². The second-order valence-electron chi connectivity index (χ2n) is 7.81. The summed E-state index contributed by atoms with van der Waals surface area (Å²) in [6.07, 6.45) is 5.53. The first-order valence-corrected chi connectivity index (χ1v) is 9.82. The van der Waals surface area contributed by atoms with Crippen LogP contribution >= 0.6 is 0 Å². The van der Waals surface area contributed by atoms with Crippen molar-refractivity contribution in [1.82, 2.24) is 9.88 Å². The van der Waals surface area contributed by atoms with Crippen LogP contribution in [0.3, 0.4) is 0 Å². The first-order valence-electron chi connectivity index (χ1n) is 9.82. The fraction of sp³-hybridized carbons (Fsp3) is 0.348. The minimum absolute atomic E-state index is 0.168. The zero-order valence-electron chi connectivity index (χ0n) is 16.1. The number of likely N-dealkylation sites (tertiary alicyclic amines) is 1. The van der Waals surface area contributed by atoms with Crippen LogP contribution < -0.4 is 5.76 Å². The number of aromatic nitrogens is 1. The van der Waals surface area contributed by atoms with Crippen molar-refractivity contribution in [2.24, 2.45) is 5.92 Å². The van der Waals surface area contributed by atoms with Gasteiger partial charge >= 0.3 is 5.76 Å². The Morgan fingerprint density at radius 2 is 1.96 bits per heavy atom. The molecule has 2 heterocycles. The lowest BCUT2D eigenvalue weighted by molar-refractivity contribution is 0.197. The van der Waals surface area contributed by atoms with E-state index < -0.39 is 5.76 Å². The van der Waals surface area contributed by atoms with Crippen molar-refractivity contribution in [3.8, 4) is 0 Å². The summed E-state index contributed by atoms with van der Waals surface area (Å²) in [6, 6.07) is 12.7. The molecular weight excluding hydrogens is 355 g/mol. The summed E-state index contributed by atoms with van der Waals surface area (Å²) in [7, 11) is 0. The maximum absolute atomic E-state index is 13.0. The largest absolute Gasteiger partial charge is 0.417 e. The van der Waals surface area contributed by atoms with E-state index in [0.29, 0.717) is 11.5 Å². The number of rotatable bonds is 5. The third kappa shape index (κ3) is 4.60. The van der Waals surface area contributed by atoms with Crippen molar-refractivity contribution in [3.05, 3.63) is 75.5 Å². The van der Waals surface area contributed by atoms with Crippen LogP contribution in [0.15, 0.2) is 57.2 Å². The van der Waals surface area contributed by atoms with E-state index in [-0.39, 0.29) is 5.82 Å². The van der Waals surface area contributed by atoms with Gasteiger partial charge in [0, 0.05) is 6.54 Å². The number of hydrogen-bond acceptors (Lipinski definition) is 3. The number of nitrogens with zero attached hydrogens (tertiary/aromatic N) is 1. The number of benzene rings is 2. The topological polar surface area (TPSA) is 49.2 Å². The molecular formula is C23H25FN2O2. The normalized spacial score (nSPS) is 16.7. The van der Waals surface area contributed by atoms with Crippen LogP contribution in [0.25, 0.3) is 17.2 Å². The number of aromatic amines is 1. The van der Waals surface area contributed by atoms with Crippen LogP contribution in [-0.2, 0) is 6.42 Å². The molecule has 5 heteroatoms. The number of fused-ring (bicyclic) bond motifs is 1. The molecule has 28 heavy (non-hydrogen) atoms. The highest BCUT2D eigenvalue weighted by Gasteiger charge is 2.19. The van der Waals surface area contributed by atoms with Crippen LogP contribution in [0.4, 0.5) is 4.39 Å². The minimum atomic E-state index is -0.420. The van der Waals surface area contributed by atoms with E-state index in [4.69, 9.17) is 4.42 Å². The summed E-state index contributed by atoms with van der Waals surface area (Å²) in [5, 5.41) is 0. The molecule has 2 aromatic carbocycles. The first kappa shape index (κ1) is 18.7. The maximum atomic E-state index is 13.0. The van der Waals surface area contributed by atoms with Crippen LogP contribution in [0.5, 0.6) is 0 Å².